The quantitative estimate of drug-likeness (QED) is 0.558. The second-order valence-corrected chi connectivity index (χ2v) is 4.86. The van der Waals surface area contributed by atoms with Gasteiger partial charge in [-0.1, -0.05) is 19.1 Å². The molecule has 0 aliphatic rings. The first-order valence-electron chi connectivity index (χ1n) is 6.90. The van der Waals surface area contributed by atoms with E-state index < -0.39 is 4.92 Å². The molecule has 1 aromatic carbocycles. The van der Waals surface area contributed by atoms with Gasteiger partial charge < -0.3 is 15.5 Å². The maximum Gasteiger partial charge on any atom is 0.292 e. The second-order valence-electron chi connectivity index (χ2n) is 4.86. The number of para-hydroxylation sites is 2. The van der Waals surface area contributed by atoms with E-state index in [0.717, 1.165) is 6.54 Å². The minimum absolute atomic E-state index is 0. The SMILES string of the molecule is CCN[C@H](C)CNC(=O)CN(C)c1ccccc1[N+](=O)[O-].Cl. The van der Waals surface area contributed by atoms with E-state index in [2.05, 4.69) is 10.6 Å². The van der Waals surface area contributed by atoms with Gasteiger partial charge in [0.05, 0.1) is 11.5 Å². The number of amides is 1. The van der Waals surface area contributed by atoms with E-state index in [9.17, 15) is 14.9 Å². The number of carbonyl (C=O) groups is 1. The molecule has 0 unspecified atom stereocenters. The molecule has 0 aromatic heterocycles. The lowest BCUT2D eigenvalue weighted by Gasteiger charge is -2.19. The van der Waals surface area contributed by atoms with Crippen molar-refractivity contribution in [1.82, 2.24) is 10.6 Å². The third-order valence-corrected chi connectivity index (χ3v) is 3.03. The summed E-state index contributed by atoms with van der Waals surface area (Å²) in [7, 11) is 1.66. The molecule has 1 atom stereocenters. The summed E-state index contributed by atoms with van der Waals surface area (Å²) in [4.78, 5) is 24.0. The van der Waals surface area contributed by atoms with Crippen molar-refractivity contribution < 1.29 is 9.72 Å². The first-order valence-corrected chi connectivity index (χ1v) is 6.90. The molecule has 1 rings (SSSR count). The van der Waals surface area contributed by atoms with Crippen LogP contribution < -0.4 is 15.5 Å². The molecule has 1 aromatic rings. The average molecular weight is 331 g/mol. The fourth-order valence-corrected chi connectivity index (χ4v) is 1.99. The molecule has 0 saturated heterocycles. The van der Waals surface area contributed by atoms with Gasteiger partial charge in [0.1, 0.15) is 5.69 Å². The smallest absolute Gasteiger partial charge is 0.292 e. The number of carbonyl (C=O) groups excluding carboxylic acids is 1. The summed E-state index contributed by atoms with van der Waals surface area (Å²) >= 11 is 0. The van der Waals surface area contributed by atoms with Crippen LogP contribution in [0.2, 0.25) is 0 Å². The Kier molecular flexibility index (Phi) is 9.12. The molecule has 0 fully saturated rings. The number of rotatable bonds is 8. The maximum atomic E-state index is 11.9. The molecule has 1 amide bonds. The van der Waals surface area contributed by atoms with Crippen LogP contribution in [0.4, 0.5) is 11.4 Å². The Balaban J connectivity index is 0.00000441. The van der Waals surface area contributed by atoms with Crippen molar-refractivity contribution in [1.29, 1.82) is 0 Å². The highest BCUT2D eigenvalue weighted by atomic mass is 35.5. The molecule has 22 heavy (non-hydrogen) atoms. The van der Waals surface area contributed by atoms with Gasteiger partial charge in [0, 0.05) is 25.7 Å². The Morgan fingerprint density at radius 3 is 2.64 bits per heavy atom. The number of anilines is 1. The van der Waals surface area contributed by atoms with E-state index >= 15 is 0 Å². The molecule has 0 radical (unpaired) electrons. The molecule has 0 aliphatic heterocycles. The maximum absolute atomic E-state index is 11.9. The Bertz CT molecular complexity index is 499. The van der Waals surface area contributed by atoms with Crippen molar-refractivity contribution in [3.05, 3.63) is 34.4 Å². The number of benzene rings is 1. The Morgan fingerprint density at radius 1 is 1.41 bits per heavy atom. The number of nitro groups is 1. The molecule has 0 bridgehead atoms. The first kappa shape index (κ1) is 20.1. The number of hydrogen-bond acceptors (Lipinski definition) is 5. The van der Waals surface area contributed by atoms with Gasteiger partial charge in [-0.25, -0.2) is 0 Å². The van der Waals surface area contributed by atoms with Crippen molar-refractivity contribution in [3.8, 4) is 0 Å². The van der Waals surface area contributed by atoms with Gasteiger partial charge in [-0.2, -0.15) is 0 Å². The van der Waals surface area contributed by atoms with Crippen LogP contribution in [0, 0.1) is 10.1 Å². The monoisotopic (exact) mass is 330 g/mol. The summed E-state index contributed by atoms with van der Waals surface area (Å²) in [5.74, 6) is -0.166. The van der Waals surface area contributed by atoms with Gasteiger partial charge in [-0.3, -0.25) is 14.9 Å². The predicted octanol–water partition coefficient (Wildman–Crippen LogP) is 1.57. The molecule has 7 nitrogen and oxygen atoms in total. The van der Waals surface area contributed by atoms with E-state index in [-0.39, 0.29) is 36.6 Å². The summed E-state index contributed by atoms with van der Waals surface area (Å²) < 4.78 is 0. The molecular formula is C14H23ClN4O3. The number of likely N-dealkylation sites (N-methyl/N-ethyl adjacent to an activating group) is 2. The number of hydrogen-bond donors (Lipinski definition) is 2. The minimum atomic E-state index is -0.447. The Labute approximate surface area is 136 Å². The van der Waals surface area contributed by atoms with Crippen LogP contribution in [-0.2, 0) is 4.79 Å². The van der Waals surface area contributed by atoms with Gasteiger partial charge in [-0.15, -0.1) is 12.4 Å². The lowest BCUT2D eigenvalue weighted by atomic mass is 10.2. The van der Waals surface area contributed by atoms with Gasteiger partial charge in [0.25, 0.3) is 5.69 Å². The van der Waals surface area contributed by atoms with Crippen molar-refractivity contribution in [2.24, 2.45) is 0 Å². The summed E-state index contributed by atoms with van der Waals surface area (Å²) in [5.41, 5.74) is 0.422. The van der Waals surface area contributed by atoms with E-state index in [1.807, 2.05) is 13.8 Å². The minimum Gasteiger partial charge on any atom is -0.360 e. The lowest BCUT2D eigenvalue weighted by molar-refractivity contribution is -0.384. The van der Waals surface area contributed by atoms with Gasteiger partial charge >= 0.3 is 0 Å². The highest BCUT2D eigenvalue weighted by molar-refractivity contribution is 5.85. The van der Waals surface area contributed by atoms with Crippen LogP contribution in [0.3, 0.4) is 0 Å². The van der Waals surface area contributed by atoms with Crippen LogP contribution in [0.5, 0.6) is 0 Å². The average Bonchev–Trinajstić information content (AvgIpc) is 2.45. The molecule has 0 spiro atoms. The molecule has 0 saturated carbocycles. The topological polar surface area (TPSA) is 87.5 Å². The molecular weight excluding hydrogens is 308 g/mol. The van der Waals surface area contributed by atoms with Gasteiger partial charge in [0.15, 0.2) is 0 Å². The van der Waals surface area contributed by atoms with Crippen molar-refractivity contribution >= 4 is 29.7 Å². The molecule has 2 N–H and O–H groups in total. The highest BCUT2D eigenvalue weighted by Gasteiger charge is 2.17. The third kappa shape index (κ3) is 6.28. The number of nitrogens with one attached hydrogen (secondary N) is 2. The molecule has 0 aliphatic carbocycles. The molecule has 124 valence electrons. The normalized spacial score (nSPS) is 11.2. The summed E-state index contributed by atoms with van der Waals surface area (Å²) in [5, 5.41) is 17.0. The standard InChI is InChI=1S/C14H22N4O3.ClH/c1-4-15-11(2)9-16-14(19)10-17(3)12-7-5-6-8-13(12)18(20)21;/h5-8,11,15H,4,9-10H2,1-3H3,(H,16,19);1H/t11-;/m1./s1. The Hall–Kier alpha value is -1.86. The van der Waals surface area contributed by atoms with Crippen LogP contribution in [0.15, 0.2) is 24.3 Å². The zero-order chi connectivity index (χ0) is 15.8. The number of halogens is 1. The summed E-state index contributed by atoms with van der Waals surface area (Å²) in [6.45, 7) is 5.42. The van der Waals surface area contributed by atoms with Crippen LogP contribution >= 0.6 is 12.4 Å². The van der Waals surface area contributed by atoms with Crippen molar-refractivity contribution in [2.45, 2.75) is 19.9 Å². The van der Waals surface area contributed by atoms with Gasteiger partial charge in [0.2, 0.25) is 5.91 Å². The van der Waals surface area contributed by atoms with Crippen LogP contribution in [0.25, 0.3) is 0 Å². The summed E-state index contributed by atoms with van der Waals surface area (Å²) in [6.07, 6.45) is 0. The van der Waals surface area contributed by atoms with Crippen molar-refractivity contribution in [3.63, 3.8) is 0 Å². The zero-order valence-corrected chi connectivity index (χ0v) is 13.9. The van der Waals surface area contributed by atoms with E-state index in [1.54, 1.807) is 30.1 Å². The first-order chi connectivity index (χ1) is 9.95. The zero-order valence-electron chi connectivity index (χ0n) is 13.0. The van der Waals surface area contributed by atoms with E-state index in [1.165, 1.54) is 6.07 Å². The lowest BCUT2D eigenvalue weighted by Crippen LogP contribution is -2.42. The molecule has 0 heterocycles. The summed E-state index contributed by atoms with van der Waals surface area (Å²) in [6, 6.07) is 6.57. The predicted molar refractivity (Wildman–Crippen MR) is 89.8 cm³/mol. The van der Waals surface area contributed by atoms with Gasteiger partial charge in [-0.05, 0) is 19.5 Å². The van der Waals surface area contributed by atoms with E-state index in [0.29, 0.717) is 12.2 Å². The van der Waals surface area contributed by atoms with Crippen molar-refractivity contribution in [2.75, 3.05) is 31.6 Å². The fraction of sp³-hybridized carbons (Fsp3) is 0.500. The number of nitrogens with zero attached hydrogens (tertiary/aromatic N) is 2. The van der Waals surface area contributed by atoms with Crippen LogP contribution in [-0.4, -0.2) is 43.6 Å². The number of nitro benzene ring substituents is 1. The third-order valence-electron chi connectivity index (χ3n) is 3.03. The Morgan fingerprint density at radius 2 is 2.05 bits per heavy atom. The second kappa shape index (κ2) is 9.97. The molecule has 8 heteroatoms. The fourth-order valence-electron chi connectivity index (χ4n) is 1.99. The highest BCUT2D eigenvalue weighted by Crippen LogP contribution is 2.26. The van der Waals surface area contributed by atoms with E-state index in [4.69, 9.17) is 0 Å². The largest absolute Gasteiger partial charge is 0.360 e. The van der Waals surface area contributed by atoms with Crippen LogP contribution in [0.1, 0.15) is 13.8 Å².